The van der Waals surface area contributed by atoms with Crippen molar-refractivity contribution in [2.24, 2.45) is 13.0 Å². The lowest BCUT2D eigenvalue weighted by Crippen LogP contribution is -2.55. The zero-order valence-electron chi connectivity index (χ0n) is 20.7. The van der Waals surface area contributed by atoms with Gasteiger partial charge in [-0.2, -0.15) is 0 Å². The summed E-state index contributed by atoms with van der Waals surface area (Å²) in [6.45, 7) is 3.86. The first-order valence-corrected chi connectivity index (χ1v) is 12.9. The lowest BCUT2D eigenvalue weighted by atomic mass is 9.68. The highest BCUT2D eigenvalue weighted by Crippen LogP contribution is 2.50. The van der Waals surface area contributed by atoms with Crippen molar-refractivity contribution in [1.29, 1.82) is 0 Å². The quantitative estimate of drug-likeness (QED) is 0.606. The van der Waals surface area contributed by atoms with E-state index in [0.29, 0.717) is 12.1 Å². The largest absolute Gasteiger partial charge is 0.497 e. The van der Waals surface area contributed by atoms with Gasteiger partial charge >= 0.3 is 0 Å². The summed E-state index contributed by atoms with van der Waals surface area (Å²) >= 11 is 0. The maximum Gasteiger partial charge on any atom is 0.254 e. The molecule has 35 heavy (non-hydrogen) atoms. The summed E-state index contributed by atoms with van der Waals surface area (Å²) in [5.74, 6) is 1.70. The van der Waals surface area contributed by atoms with E-state index in [4.69, 9.17) is 4.74 Å². The first-order chi connectivity index (χ1) is 17.0. The van der Waals surface area contributed by atoms with Crippen molar-refractivity contribution in [2.45, 2.75) is 37.1 Å². The van der Waals surface area contributed by atoms with Crippen LogP contribution in [0.15, 0.2) is 48.5 Å². The summed E-state index contributed by atoms with van der Waals surface area (Å²) in [4.78, 5) is 18.4. The number of hydrogen-bond acceptors (Lipinski definition) is 4. The van der Waals surface area contributed by atoms with Crippen molar-refractivity contribution in [3.8, 4) is 5.75 Å². The van der Waals surface area contributed by atoms with E-state index in [1.807, 2.05) is 41.3 Å². The van der Waals surface area contributed by atoms with E-state index in [1.54, 1.807) is 7.11 Å². The second-order valence-corrected chi connectivity index (χ2v) is 10.7. The molecule has 0 unspecified atom stereocenters. The molecule has 6 heteroatoms. The van der Waals surface area contributed by atoms with Gasteiger partial charge in [0, 0.05) is 48.3 Å². The van der Waals surface area contributed by atoms with Crippen LogP contribution >= 0.6 is 0 Å². The van der Waals surface area contributed by atoms with Crippen LogP contribution in [-0.2, 0) is 12.5 Å². The van der Waals surface area contributed by atoms with Crippen LogP contribution in [0.1, 0.15) is 53.3 Å². The highest BCUT2D eigenvalue weighted by molar-refractivity contribution is 5.96. The molecular weight excluding hydrogens is 438 g/mol. The Kier molecular flexibility index (Phi) is 5.61. The van der Waals surface area contributed by atoms with Gasteiger partial charge in [0.15, 0.2) is 0 Å². The van der Waals surface area contributed by atoms with Crippen molar-refractivity contribution in [3.05, 3.63) is 65.4 Å². The van der Waals surface area contributed by atoms with E-state index < -0.39 is 0 Å². The third-order valence-corrected chi connectivity index (χ3v) is 8.63. The molecule has 2 aliphatic heterocycles. The number of hydrogen-bond donors (Lipinski definition) is 1. The minimum absolute atomic E-state index is 0.00192. The molecular formula is C29H35N3O3. The van der Waals surface area contributed by atoms with Crippen LogP contribution in [0.3, 0.4) is 0 Å². The number of nitrogens with zero attached hydrogens (tertiary/aromatic N) is 3. The van der Waals surface area contributed by atoms with Crippen molar-refractivity contribution in [2.75, 3.05) is 39.9 Å². The van der Waals surface area contributed by atoms with Gasteiger partial charge in [0.05, 0.1) is 25.3 Å². The number of ether oxygens (including phenoxy) is 1. The number of aliphatic hydroxyl groups excluding tert-OH is 1. The van der Waals surface area contributed by atoms with Crippen LogP contribution in [-0.4, -0.2) is 65.3 Å². The molecule has 184 valence electrons. The van der Waals surface area contributed by atoms with Gasteiger partial charge in [-0.1, -0.05) is 18.2 Å². The van der Waals surface area contributed by atoms with Crippen molar-refractivity contribution in [1.82, 2.24) is 14.4 Å². The zero-order valence-corrected chi connectivity index (χ0v) is 20.7. The van der Waals surface area contributed by atoms with Crippen molar-refractivity contribution < 1.29 is 14.6 Å². The van der Waals surface area contributed by atoms with Gasteiger partial charge in [0.1, 0.15) is 5.75 Å². The number of methoxy groups -OCH3 is 1. The molecule has 0 radical (unpaired) electrons. The molecule has 1 saturated carbocycles. The normalized spacial score (nSPS) is 21.9. The van der Waals surface area contributed by atoms with E-state index in [0.717, 1.165) is 48.8 Å². The summed E-state index contributed by atoms with van der Waals surface area (Å²) in [6.07, 6.45) is 4.78. The first kappa shape index (κ1) is 22.6. The Morgan fingerprint density at radius 3 is 2.51 bits per heavy atom. The molecule has 2 aromatic carbocycles. The van der Waals surface area contributed by atoms with E-state index in [-0.39, 0.29) is 24.0 Å². The molecule has 1 aliphatic carbocycles. The summed E-state index contributed by atoms with van der Waals surface area (Å²) in [5.41, 5.74) is 4.05. The summed E-state index contributed by atoms with van der Waals surface area (Å²) in [7, 11) is 3.76. The third-order valence-electron chi connectivity index (χ3n) is 8.63. The smallest absolute Gasteiger partial charge is 0.254 e. The number of amides is 1. The molecule has 1 amide bonds. The van der Waals surface area contributed by atoms with Gasteiger partial charge in [-0.15, -0.1) is 0 Å². The monoisotopic (exact) mass is 473 g/mol. The van der Waals surface area contributed by atoms with Crippen molar-refractivity contribution in [3.63, 3.8) is 0 Å². The molecule has 1 N–H and O–H groups in total. The number of carbonyl (C=O) groups is 1. The van der Waals surface area contributed by atoms with Gasteiger partial charge in [0.2, 0.25) is 0 Å². The van der Waals surface area contributed by atoms with Gasteiger partial charge < -0.3 is 24.2 Å². The lowest BCUT2D eigenvalue weighted by molar-refractivity contribution is 0.0332. The Balaban J connectivity index is 1.48. The molecule has 3 aromatic rings. The predicted octanol–water partition coefficient (Wildman–Crippen LogP) is 4.12. The molecule has 0 bridgehead atoms. The fourth-order valence-corrected chi connectivity index (χ4v) is 6.56. The van der Waals surface area contributed by atoms with Crippen LogP contribution in [0.5, 0.6) is 5.75 Å². The number of benzene rings is 2. The standard InChI is InChI=1S/C29H35N3O3/c1-30-24-16-22(35-2)10-11-23(24)26-27(30)25(18-33)32(28(34)21-6-4-3-5-7-21)19-29(26)12-14-31(15-13-29)17-20-8-9-20/h3-7,10-11,16,20,25,33H,8-9,12-15,17-19H2,1-2H3/t25-/m1/s1. The topological polar surface area (TPSA) is 57.9 Å². The molecule has 3 aliphatic rings. The summed E-state index contributed by atoms with van der Waals surface area (Å²) < 4.78 is 7.73. The molecule has 1 spiro atoms. The van der Waals surface area contributed by atoms with Gasteiger partial charge in [0.25, 0.3) is 5.91 Å². The second kappa shape index (κ2) is 8.68. The van der Waals surface area contributed by atoms with E-state index in [2.05, 4.69) is 28.6 Å². The highest BCUT2D eigenvalue weighted by Gasteiger charge is 2.49. The molecule has 1 aromatic heterocycles. The number of aliphatic hydroxyl groups is 1. The van der Waals surface area contributed by atoms with Crippen LogP contribution in [0.25, 0.3) is 10.9 Å². The van der Waals surface area contributed by atoms with Crippen molar-refractivity contribution >= 4 is 16.8 Å². The molecule has 3 heterocycles. The number of carbonyl (C=O) groups excluding carboxylic acids is 1. The maximum atomic E-state index is 13.8. The fourth-order valence-electron chi connectivity index (χ4n) is 6.56. The van der Waals surface area contributed by atoms with Crippen LogP contribution in [0.4, 0.5) is 0 Å². The van der Waals surface area contributed by atoms with E-state index >= 15 is 0 Å². The number of aryl methyl sites for hydroxylation is 1. The SMILES string of the molecule is COc1ccc2c3c(n(C)c2c1)[C@@H](CO)N(C(=O)c1ccccc1)CC31CCN(CC2CC2)CC1. The van der Waals surface area contributed by atoms with Crippen LogP contribution in [0, 0.1) is 5.92 Å². The highest BCUT2D eigenvalue weighted by atomic mass is 16.5. The van der Waals surface area contributed by atoms with Gasteiger partial charge in [-0.05, 0) is 74.5 Å². The third kappa shape index (κ3) is 3.74. The number of aromatic nitrogens is 1. The average Bonchev–Trinajstić information content (AvgIpc) is 3.67. The minimum atomic E-state index is -0.379. The Hall–Kier alpha value is -2.83. The summed E-state index contributed by atoms with van der Waals surface area (Å²) in [5, 5.41) is 11.9. The average molecular weight is 474 g/mol. The first-order valence-electron chi connectivity index (χ1n) is 12.9. The summed E-state index contributed by atoms with van der Waals surface area (Å²) in [6, 6.07) is 15.4. The number of fused-ring (bicyclic) bond motifs is 4. The molecule has 2 fully saturated rings. The fraction of sp³-hybridized carbons (Fsp3) is 0.483. The van der Waals surface area contributed by atoms with Gasteiger partial charge in [-0.3, -0.25) is 4.79 Å². The molecule has 1 saturated heterocycles. The Morgan fingerprint density at radius 1 is 1.11 bits per heavy atom. The Labute approximate surface area is 207 Å². The van der Waals surface area contributed by atoms with Crippen LogP contribution < -0.4 is 4.74 Å². The number of piperidine rings is 1. The molecule has 6 rings (SSSR count). The maximum absolute atomic E-state index is 13.8. The van der Waals surface area contributed by atoms with E-state index in [1.165, 1.54) is 30.3 Å². The minimum Gasteiger partial charge on any atom is -0.497 e. The lowest BCUT2D eigenvalue weighted by Gasteiger charge is -2.50. The molecule has 1 atom stereocenters. The van der Waals surface area contributed by atoms with Gasteiger partial charge in [-0.25, -0.2) is 0 Å². The Morgan fingerprint density at radius 2 is 1.86 bits per heavy atom. The van der Waals surface area contributed by atoms with Crippen LogP contribution in [0.2, 0.25) is 0 Å². The molecule has 6 nitrogen and oxygen atoms in total. The van der Waals surface area contributed by atoms with E-state index in [9.17, 15) is 9.90 Å². The number of rotatable bonds is 5. The number of likely N-dealkylation sites (tertiary alicyclic amines) is 1. The zero-order chi connectivity index (χ0) is 24.2. The Bertz CT molecular complexity index is 1240. The predicted molar refractivity (Wildman–Crippen MR) is 137 cm³/mol. The second-order valence-electron chi connectivity index (χ2n) is 10.7.